The van der Waals surface area contributed by atoms with E-state index in [4.69, 9.17) is 9.73 Å². The van der Waals surface area contributed by atoms with Crippen LogP contribution in [0, 0.1) is 13.8 Å². The predicted molar refractivity (Wildman–Crippen MR) is 117 cm³/mol. The third-order valence-corrected chi connectivity index (χ3v) is 7.20. The number of hydrogen-bond donors (Lipinski definition) is 1. The van der Waals surface area contributed by atoms with Gasteiger partial charge in [0.1, 0.15) is 6.10 Å². The fourth-order valence-electron chi connectivity index (χ4n) is 3.91. The highest BCUT2D eigenvalue weighted by atomic mass is 32.2. The maximum atomic E-state index is 11.6. The van der Waals surface area contributed by atoms with E-state index in [1.54, 1.807) is 0 Å². The van der Waals surface area contributed by atoms with Gasteiger partial charge in [0.2, 0.25) is 0 Å². The number of guanidine groups is 1. The van der Waals surface area contributed by atoms with Crippen molar-refractivity contribution in [3.8, 4) is 0 Å². The van der Waals surface area contributed by atoms with E-state index in [-0.39, 0.29) is 17.6 Å². The van der Waals surface area contributed by atoms with Crippen molar-refractivity contribution < 1.29 is 13.2 Å². The van der Waals surface area contributed by atoms with Gasteiger partial charge in [0.25, 0.3) is 0 Å². The molecule has 7 nitrogen and oxygen atoms in total. The summed E-state index contributed by atoms with van der Waals surface area (Å²) in [5.74, 6) is 1.44. The van der Waals surface area contributed by atoms with Gasteiger partial charge in [0.05, 0.1) is 31.2 Å². The van der Waals surface area contributed by atoms with E-state index in [1.807, 2.05) is 0 Å². The van der Waals surface area contributed by atoms with Crippen molar-refractivity contribution in [2.75, 3.05) is 63.9 Å². The Balaban J connectivity index is 1.61. The molecule has 0 radical (unpaired) electrons. The molecule has 1 aromatic rings. The topological polar surface area (TPSA) is 74.2 Å². The highest BCUT2D eigenvalue weighted by Gasteiger charge is 2.25. The van der Waals surface area contributed by atoms with Crippen molar-refractivity contribution in [3.63, 3.8) is 0 Å². The summed E-state index contributed by atoms with van der Waals surface area (Å²) in [6.07, 6.45) is 0.0421. The van der Waals surface area contributed by atoms with E-state index in [2.05, 4.69) is 54.1 Å². The molecule has 0 bridgehead atoms. The van der Waals surface area contributed by atoms with Crippen LogP contribution in [0.3, 0.4) is 0 Å². The third kappa shape index (κ3) is 6.17. The Hall–Kier alpha value is -1.64. The minimum atomic E-state index is -2.83. The zero-order chi connectivity index (χ0) is 20.9. The van der Waals surface area contributed by atoms with Crippen LogP contribution in [0.5, 0.6) is 0 Å². The Morgan fingerprint density at radius 1 is 1.24 bits per heavy atom. The lowest BCUT2D eigenvalue weighted by Gasteiger charge is -2.36. The third-order valence-electron chi connectivity index (χ3n) is 5.59. The lowest BCUT2D eigenvalue weighted by Crippen LogP contribution is -2.48. The normalized spacial score (nSPS) is 23.2. The van der Waals surface area contributed by atoms with E-state index in [9.17, 15) is 8.42 Å². The maximum absolute atomic E-state index is 11.6. The van der Waals surface area contributed by atoms with Gasteiger partial charge in [0, 0.05) is 32.7 Å². The molecule has 3 rings (SSSR count). The molecule has 1 unspecified atom stereocenters. The van der Waals surface area contributed by atoms with Crippen LogP contribution in [0.15, 0.2) is 23.2 Å². The summed E-state index contributed by atoms with van der Waals surface area (Å²) < 4.78 is 29.2. The van der Waals surface area contributed by atoms with Crippen LogP contribution in [0.1, 0.15) is 29.7 Å². The number of aryl methyl sites for hydroxylation is 2. The molecule has 2 aliphatic heterocycles. The average Bonchev–Trinajstić information content (AvgIpc) is 2.68. The molecule has 0 saturated carbocycles. The van der Waals surface area contributed by atoms with Crippen molar-refractivity contribution in [2.45, 2.75) is 26.9 Å². The van der Waals surface area contributed by atoms with Gasteiger partial charge >= 0.3 is 0 Å². The van der Waals surface area contributed by atoms with Crippen molar-refractivity contribution in [1.29, 1.82) is 0 Å². The summed E-state index contributed by atoms with van der Waals surface area (Å²) in [5.41, 5.74) is 3.77. The second-order valence-corrected chi connectivity index (χ2v) is 10.2. The Kier molecular flexibility index (Phi) is 7.54. The highest BCUT2D eigenvalue weighted by molar-refractivity contribution is 7.91. The van der Waals surface area contributed by atoms with Gasteiger partial charge < -0.3 is 15.0 Å². The van der Waals surface area contributed by atoms with E-state index in [1.165, 1.54) is 16.7 Å². The molecule has 2 fully saturated rings. The Morgan fingerprint density at radius 3 is 2.69 bits per heavy atom. The molecule has 2 aliphatic rings. The van der Waals surface area contributed by atoms with Gasteiger partial charge in [-0.05, 0) is 31.9 Å². The molecular weight excluding hydrogens is 388 g/mol. The molecule has 0 aromatic heterocycles. The minimum absolute atomic E-state index is 0.0421. The van der Waals surface area contributed by atoms with E-state index in [0.717, 1.165) is 32.1 Å². The zero-order valence-corrected chi connectivity index (χ0v) is 18.7. The smallest absolute Gasteiger partial charge is 0.194 e. The van der Waals surface area contributed by atoms with Gasteiger partial charge in [-0.25, -0.2) is 8.42 Å². The Bertz CT molecular complexity index is 811. The highest BCUT2D eigenvalue weighted by Crippen LogP contribution is 2.25. The molecule has 2 heterocycles. The summed E-state index contributed by atoms with van der Waals surface area (Å²) in [6, 6.07) is 6.52. The first-order valence-corrected chi connectivity index (χ1v) is 12.3. The van der Waals surface area contributed by atoms with Crippen molar-refractivity contribution in [1.82, 2.24) is 15.1 Å². The molecular formula is C21H34N4O3S. The van der Waals surface area contributed by atoms with Crippen molar-refractivity contribution in [2.24, 2.45) is 4.99 Å². The number of sulfone groups is 1. The molecule has 162 valence electrons. The minimum Gasteiger partial charge on any atom is -0.370 e. The van der Waals surface area contributed by atoms with E-state index >= 15 is 0 Å². The quantitative estimate of drug-likeness (QED) is 0.571. The maximum Gasteiger partial charge on any atom is 0.194 e. The van der Waals surface area contributed by atoms with Crippen LogP contribution in [-0.4, -0.2) is 88.1 Å². The van der Waals surface area contributed by atoms with Crippen LogP contribution in [0.2, 0.25) is 0 Å². The number of nitrogens with zero attached hydrogens (tertiary/aromatic N) is 3. The van der Waals surface area contributed by atoms with Crippen LogP contribution in [0.25, 0.3) is 0 Å². The lowest BCUT2D eigenvalue weighted by atomic mass is 10.00. The number of nitrogens with one attached hydrogen (secondary N) is 1. The van der Waals surface area contributed by atoms with Crippen molar-refractivity contribution in [3.05, 3.63) is 34.9 Å². The number of morpholine rings is 1. The van der Waals surface area contributed by atoms with Gasteiger partial charge in [-0.15, -0.1) is 0 Å². The summed E-state index contributed by atoms with van der Waals surface area (Å²) in [7, 11) is -2.83. The van der Waals surface area contributed by atoms with Crippen molar-refractivity contribution >= 4 is 15.8 Å². The Morgan fingerprint density at radius 2 is 2.00 bits per heavy atom. The summed E-state index contributed by atoms with van der Waals surface area (Å²) in [5, 5.41) is 3.40. The molecule has 8 heteroatoms. The first-order chi connectivity index (χ1) is 13.9. The SMILES string of the molecule is CCNC(=NCCN1CCS(=O)(=O)CC1)N1CCOC(c2ccc(C)cc2C)C1. The van der Waals surface area contributed by atoms with Crippen LogP contribution >= 0.6 is 0 Å². The largest absolute Gasteiger partial charge is 0.370 e. The molecule has 1 aromatic carbocycles. The van der Waals surface area contributed by atoms with Crippen LogP contribution < -0.4 is 5.32 Å². The van der Waals surface area contributed by atoms with Crippen LogP contribution in [0.4, 0.5) is 0 Å². The predicted octanol–water partition coefficient (Wildman–Crippen LogP) is 1.37. The standard InChI is InChI=1S/C21H34N4O3S/c1-4-22-21(23-7-8-24-10-13-29(26,27)14-11-24)25-9-12-28-20(16-25)19-6-5-17(2)15-18(19)3/h5-6,15,20H,4,7-14,16H2,1-3H3,(H,22,23). The lowest BCUT2D eigenvalue weighted by molar-refractivity contribution is -0.00834. The molecule has 0 spiro atoms. The summed E-state index contributed by atoms with van der Waals surface area (Å²) >= 11 is 0. The number of ether oxygens (including phenoxy) is 1. The summed E-state index contributed by atoms with van der Waals surface area (Å²) in [4.78, 5) is 9.28. The molecule has 1 N–H and O–H groups in total. The first kappa shape index (κ1) is 22.1. The van der Waals surface area contributed by atoms with Gasteiger partial charge in [-0.2, -0.15) is 0 Å². The van der Waals surface area contributed by atoms with Gasteiger partial charge in [-0.3, -0.25) is 9.89 Å². The number of rotatable bonds is 5. The van der Waals surface area contributed by atoms with E-state index < -0.39 is 9.84 Å². The Labute approximate surface area is 175 Å². The van der Waals surface area contributed by atoms with Crippen LogP contribution in [-0.2, 0) is 14.6 Å². The number of hydrogen-bond acceptors (Lipinski definition) is 5. The first-order valence-electron chi connectivity index (χ1n) is 10.5. The van der Waals surface area contributed by atoms with Gasteiger partial charge in [-0.1, -0.05) is 23.8 Å². The molecule has 1 atom stereocenters. The van der Waals surface area contributed by atoms with E-state index in [0.29, 0.717) is 26.2 Å². The average molecular weight is 423 g/mol. The second kappa shape index (κ2) is 9.91. The zero-order valence-electron chi connectivity index (χ0n) is 17.9. The molecule has 0 amide bonds. The monoisotopic (exact) mass is 422 g/mol. The fraction of sp³-hybridized carbons (Fsp3) is 0.667. The molecule has 0 aliphatic carbocycles. The fourth-order valence-corrected chi connectivity index (χ4v) is 5.19. The second-order valence-electron chi connectivity index (χ2n) is 7.89. The molecule has 2 saturated heterocycles. The summed E-state index contributed by atoms with van der Waals surface area (Å²) in [6.45, 7) is 12.1. The number of benzene rings is 1. The van der Waals surface area contributed by atoms with Gasteiger partial charge in [0.15, 0.2) is 15.8 Å². The number of aliphatic imine (C=N–C) groups is 1. The molecule has 29 heavy (non-hydrogen) atoms.